The molecule has 8 heteroatoms. The van der Waals surface area contributed by atoms with E-state index in [4.69, 9.17) is 4.74 Å². The van der Waals surface area contributed by atoms with Crippen LogP contribution in [0.3, 0.4) is 0 Å². The molecule has 0 saturated carbocycles. The lowest BCUT2D eigenvalue weighted by Gasteiger charge is -2.22. The first-order chi connectivity index (χ1) is 9.50. The number of hydrogen-bond donors (Lipinski definition) is 2. The molecular formula is C13H26N2O5S. The van der Waals surface area contributed by atoms with E-state index in [2.05, 4.69) is 5.32 Å². The minimum absolute atomic E-state index is 0.113. The Morgan fingerprint density at radius 3 is 2.19 bits per heavy atom. The van der Waals surface area contributed by atoms with Crippen molar-refractivity contribution in [3.8, 4) is 0 Å². The van der Waals surface area contributed by atoms with E-state index in [-0.39, 0.29) is 12.2 Å². The van der Waals surface area contributed by atoms with Crippen LogP contribution in [0.25, 0.3) is 0 Å². The average Bonchev–Trinajstić information content (AvgIpc) is 2.30. The summed E-state index contributed by atoms with van der Waals surface area (Å²) in [7, 11) is -3.66. The largest absolute Gasteiger partial charge is 0.444 e. The van der Waals surface area contributed by atoms with E-state index in [0.29, 0.717) is 12.8 Å². The van der Waals surface area contributed by atoms with Crippen LogP contribution in [0.5, 0.6) is 0 Å². The van der Waals surface area contributed by atoms with Crippen molar-refractivity contribution in [3.05, 3.63) is 0 Å². The fourth-order valence-corrected chi connectivity index (χ4v) is 2.63. The standard InChI is InChI=1S/C13H26N2O5S/c1-6-8-9-21(18,19)15-11(16)10(7-2)14-12(17)20-13(3,4)5/h10H,6-9H2,1-5H3,(H,14,17)(H,15,16). The molecule has 0 aliphatic carbocycles. The number of carbonyl (C=O) groups excluding carboxylic acids is 2. The van der Waals surface area contributed by atoms with Crippen LogP contribution < -0.4 is 10.0 Å². The summed E-state index contributed by atoms with van der Waals surface area (Å²) < 4.78 is 30.3. The number of hydrogen-bond acceptors (Lipinski definition) is 5. The minimum Gasteiger partial charge on any atom is -0.444 e. The number of unbranched alkanes of at least 4 members (excludes halogenated alkanes) is 1. The van der Waals surface area contributed by atoms with Crippen LogP contribution in [0, 0.1) is 0 Å². The lowest BCUT2D eigenvalue weighted by molar-refractivity contribution is -0.121. The van der Waals surface area contributed by atoms with Crippen molar-refractivity contribution in [2.24, 2.45) is 0 Å². The molecule has 7 nitrogen and oxygen atoms in total. The zero-order valence-electron chi connectivity index (χ0n) is 13.4. The molecule has 2 N–H and O–H groups in total. The van der Waals surface area contributed by atoms with E-state index in [9.17, 15) is 18.0 Å². The molecule has 2 amide bonds. The molecule has 0 aromatic rings. The Balaban J connectivity index is 4.60. The molecule has 21 heavy (non-hydrogen) atoms. The first kappa shape index (κ1) is 19.7. The van der Waals surface area contributed by atoms with Crippen LogP contribution in [-0.2, 0) is 19.6 Å². The average molecular weight is 322 g/mol. The van der Waals surface area contributed by atoms with Gasteiger partial charge in [-0.3, -0.25) is 9.52 Å². The Hall–Kier alpha value is -1.31. The van der Waals surface area contributed by atoms with Gasteiger partial charge in [0, 0.05) is 0 Å². The molecule has 0 bridgehead atoms. The highest BCUT2D eigenvalue weighted by Gasteiger charge is 2.25. The van der Waals surface area contributed by atoms with Crippen LogP contribution in [0.15, 0.2) is 0 Å². The van der Waals surface area contributed by atoms with Gasteiger partial charge in [-0.25, -0.2) is 13.2 Å². The topological polar surface area (TPSA) is 102 Å². The van der Waals surface area contributed by atoms with E-state index in [1.807, 2.05) is 11.6 Å². The number of nitrogens with one attached hydrogen (secondary N) is 2. The van der Waals surface area contributed by atoms with Crippen LogP contribution >= 0.6 is 0 Å². The SMILES string of the molecule is CCCCS(=O)(=O)NC(=O)C(CC)NC(=O)OC(C)(C)C. The quantitative estimate of drug-likeness (QED) is 0.740. The van der Waals surface area contributed by atoms with Gasteiger partial charge >= 0.3 is 6.09 Å². The summed E-state index contributed by atoms with van der Waals surface area (Å²) in [5.41, 5.74) is -0.688. The highest BCUT2D eigenvalue weighted by molar-refractivity contribution is 7.90. The third kappa shape index (κ3) is 9.28. The molecule has 0 heterocycles. The van der Waals surface area contributed by atoms with Crippen molar-refractivity contribution in [2.45, 2.75) is 65.5 Å². The lowest BCUT2D eigenvalue weighted by atomic mass is 10.2. The number of rotatable bonds is 7. The molecule has 0 saturated heterocycles. The molecule has 1 atom stereocenters. The first-order valence-electron chi connectivity index (χ1n) is 7.04. The van der Waals surface area contributed by atoms with Crippen molar-refractivity contribution < 1.29 is 22.7 Å². The number of ether oxygens (including phenoxy) is 1. The molecule has 0 fully saturated rings. The van der Waals surface area contributed by atoms with E-state index < -0.39 is 33.7 Å². The van der Waals surface area contributed by atoms with Crippen LogP contribution in [0.4, 0.5) is 4.79 Å². The van der Waals surface area contributed by atoms with Gasteiger partial charge in [-0.05, 0) is 33.6 Å². The van der Waals surface area contributed by atoms with Gasteiger partial charge in [0.1, 0.15) is 11.6 Å². The maximum absolute atomic E-state index is 11.9. The molecule has 0 aromatic carbocycles. The van der Waals surface area contributed by atoms with Crippen LogP contribution in [0.1, 0.15) is 53.9 Å². The normalized spacial score (nSPS) is 13.4. The van der Waals surface area contributed by atoms with Gasteiger partial charge in [0.2, 0.25) is 10.0 Å². The minimum atomic E-state index is -3.66. The van der Waals surface area contributed by atoms with Crippen molar-refractivity contribution in [1.29, 1.82) is 0 Å². The number of amides is 2. The number of alkyl carbamates (subject to hydrolysis) is 1. The van der Waals surface area contributed by atoms with Gasteiger partial charge in [-0.1, -0.05) is 20.3 Å². The summed E-state index contributed by atoms with van der Waals surface area (Å²) in [6, 6.07) is -0.948. The van der Waals surface area contributed by atoms with Crippen LogP contribution in [0.2, 0.25) is 0 Å². The molecule has 0 aromatic heterocycles. The predicted molar refractivity (Wildman–Crippen MR) is 80.3 cm³/mol. The molecule has 0 rings (SSSR count). The summed E-state index contributed by atoms with van der Waals surface area (Å²) >= 11 is 0. The molecular weight excluding hydrogens is 296 g/mol. The second kappa shape index (κ2) is 8.21. The Bertz CT molecular complexity index is 454. The molecule has 124 valence electrons. The second-order valence-corrected chi connectivity index (χ2v) is 7.59. The molecule has 0 spiro atoms. The van der Waals surface area contributed by atoms with E-state index in [1.54, 1.807) is 27.7 Å². The van der Waals surface area contributed by atoms with Gasteiger partial charge in [-0.2, -0.15) is 0 Å². The summed E-state index contributed by atoms with van der Waals surface area (Å²) in [5, 5.41) is 2.36. The summed E-state index contributed by atoms with van der Waals surface area (Å²) in [6.07, 6.45) is 0.686. The number of carbonyl (C=O) groups is 2. The highest BCUT2D eigenvalue weighted by Crippen LogP contribution is 2.07. The van der Waals surface area contributed by atoms with Gasteiger partial charge in [-0.15, -0.1) is 0 Å². The maximum atomic E-state index is 11.9. The summed E-state index contributed by atoms with van der Waals surface area (Å²) in [4.78, 5) is 23.5. The van der Waals surface area contributed by atoms with Crippen molar-refractivity contribution in [1.82, 2.24) is 10.0 Å². The number of sulfonamides is 1. The lowest BCUT2D eigenvalue weighted by Crippen LogP contribution is -2.49. The zero-order valence-corrected chi connectivity index (χ0v) is 14.2. The molecule has 0 aliphatic rings. The van der Waals surface area contributed by atoms with Crippen molar-refractivity contribution in [2.75, 3.05) is 5.75 Å². The van der Waals surface area contributed by atoms with Gasteiger partial charge in [0.05, 0.1) is 5.75 Å². The summed E-state index contributed by atoms with van der Waals surface area (Å²) in [5.74, 6) is -0.863. The monoisotopic (exact) mass is 322 g/mol. The second-order valence-electron chi connectivity index (χ2n) is 5.75. The molecule has 0 radical (unpaired) electrons. The Labute approximate surface area is 126 Å². The smallest absolute Gasteiger partial charge is 0.408 e. The van der Waals surface area contributed by atoms with Crippen LogP contribution in [-0.4, -0.2) is 37.8 Å². The molecule has 0 aliphatic heterocycles. The highest BCUT2D eigenvalue weighted by atomic mass is 32.2. The van der Waals surface area contributed by atoms with E-state index >= 15 is 0 Å². The van der Waals surface area contributed by atoms with E-state index in [0.717, 1.165) is 0 Å². The van der Waals surface area contributed by atoms with Gasteiger partial charge in [0.25, 0.3) is 5.91 Å². The Kier molecular flexibility index (Phi) is 7.70. The first-order valence-corrected chi connectivity index (χ1v) is 8.69. The predicted octanol–water partition coefficient (Wildman–Crippen LogP) is 1.54. The van der Waals surface area contributed by atoms with Crippen molar-refractivity contribution >= 4 is 22.0 Å². The van der Waals surface area contributed by atoms with E-state index in [1.165, 1.54) is 0 Å². The van der Waals surface area contributed by atoms with Crippen molar-refractivity contribution in [3.63, 3.8) is 0 Å². The fourth-order valence-electron chi connectivity index (χ4n) is 1.41. The van der Waals surface area contributed by atoms with Gasteiger partial charge in [0.15, 0.2) is 0 Å². The summed E-state index contributed by atoms with van der Waals surface area (Å²) in [6.45, 7) is 8.62. The molecule has 1 unspecified atom stereocenters. The zero-order chi connectivity index (χ0) is 16.7. The van der Waals surface area contributed by atoms with Gasteiger partial charge < -0.3 is 10.1 Å². The maximum Gasteiger partial charge on any atom is 0.408 e. The fraction of sp³-hybridized carbons (Fsp3) is 0.846. The third-order valence-electron chi connectivity index (χ3n) is 2.44. The Morgan fingerprint density at radius 2 is 1.76 bits per heavy atom. The third-order valence-corrected chi connectivity index (χ3v) is 3.78. The Morgan fingerprint density at radius 1 is 1.19 bits per heavy atom.